The predicted octanol–water partition coefficient (Wildman–Crippen LogP) is 7.41. The van der Waals surface area contributed by atoms with Crippen LogP contribution in [0.15, 0.2) is 83.9 Å². The fourth-order valence-electron chi connectivity index (χ4n) is 3.82. The van der Waals surface area contributed by atoms with Crippen LogP contribution in [0, 0.1) is 0 Å². The smallest absolute Gasteiger partial charge is 0.143 e. The first kappa shape index (κ1) is 20.8. The van der Waals surface area contributed by atoms with Gasteiger partial charge >= 0.3 is 0 Å². The van der Waals surface area contributed by atoms with Gasteiger partial charge in [-0.3, -0.25) is 4.98 Å². The molecule has 1 N–H and O–H groups in total. The Morgan fingerprint density at radius 1 is 0.875 bits per heavy atom. The molecule has 0 atom stereocenters. The number of hydrogen-bond donors (Lipinski definition) is 1. The van der Waals surface area contributed by atoms with Gasteiger partial charge in [0, 0.05) is 33.0 Å². The monoisotopic (exact) mass is 500 g/mol. The van der Waals surface area contributed by atoms with Gasteiger partial charge in [-0.2, -0.15) is 0 Å². The van der Waals surface area contributed by atoms with E-state index in [4.69, 9.17) is 0 Å². The quantitative estimate of drug-likeness (QED) is 0.263. The first-order chi connectivity index (χ1) is 15.7. The molecule has 0 aliphatic carbocycles. The molecule has 5 aromatic rings. The van der Waals surface area contributed by atoms with Crippen LogP contribution in [0.3, 0.4) is 0 Å². The van der Waals surface area contributed by atoms with E-state index in [9.17, 15) is 0 Å². The number of rotatable bonds is 6. The summed E-state index contributed by atoms with van der Waals surface area (Å²) in [5, 5.41) is 4.61. The normalized spacial score (nSPS) is 11.1. The zero-order valence-electron chi connectivity index (χ0n) is 17.5. The molecule has 32 heavy (non-hydrogen) atoms. The summed E-state index contributed by atoms with van der Waals surface area (Å²) in [4.78, 5) is 15.6. The third-order valence-corrected chi connectivity index (χ3v) is 7.16. The van der Waals surface area contributed by atoms with E-state index in [2.05, 4.69) is 104 Å². The number of hydrogen-bond acceptors (Lipinski definition) is 5. The summed E-state index contributed by atoms with van der Waals surface area (Å²) in [5.74, 6) is 0.839. The number of fused-ring (bicyclic) bond motifs is 1. The van der Waals surface area contributed by atoms with Crippen molar-refractivity contribution >= 4 is 49.0 Å². The van der Waals surface area contributed by atoms with Gasteiger partial charge in [0.25, 0.3) is 0 Å². The lowest BCUT2D eigenvalue weighted by molar-refractivity contribution is 1.16. The Kier molecular flexibility index (Phi) is 5.97. The second-order valence-electron chi connectivity index (χ2n) is 7.52. The molecule has 0 radical (unpaired) electrons. The molecule has 4 nitrogen and oxygen atoms in total. The molecular weight excluding hydrogens is 480 g/mol. The number of aryl methyl sites for hydroxylation is 1. The highest BCUT2D eigenvalue weighted by atomic mass is 79.9. The molecule has 0 bridgehead atoms. The maximum Gasteiger partial charge on any atom is 0.143 e. The van der Waals surface area contributed by atoms with Gasteiger partial charge in [0.1, 0.15) is 17.0 Å². The Bertz CT molecular complexity index is 1350. The molecule has 0 fully saturated rings. The van der Waals surface area contributed by atoms with E-state index < -0.39 is 0 Å². The van der Waals surface area contributed by atoms with E-state index in [1.165, 1.54) is 27.1 Å². The van der Waals surface area contributed by atoms with Crippen molar-refractivity contribution in [2.24, 2.45) is 0 Å². The molecule has 0 aliphatic rings. The van der Waals surface area contributed by atoms with Crippen LogP contribution in [0.4, 0.5) is 11.5 Å². The van der Waals surface area contributed by atoms with Crippen molar-refractivity contribution < 1.29 is 0 Å². The van der Waals surface area contributed by atoms with Crippen LogP contribution in [-0.2, 0) is 12.8 Å². The molecule has 5 rings (SSSR count). The number of pyridine rings is 1. The van der Waals surface area contributed by atoms with Crippen LogP contribution in [0.1, 0.15) is 22.9 Å². The van der Waals surface area contributed by atoms with Gasteiger partial charge in [-0.05, 0) is 65.9 Å². The lowest BCUT2D eigenvalue weighted by atomic mass is 10.0. The Morgan fingerprint density at radius 2 is 1.59 bits per heavy atom. The SMILES string of the molecule is CCc1sc2ncnc(Nc3ccc(Cc4ccncc4)cc3)c2c1-c1ccc(Br)cc1. The van der Waals surface area contributed by atoms with Crippen molar-refractivity contribution in [1.29, 1.82) is 0 Å². The molecule has 0 spiro atoms. The van der Waals surface area contributed by atoms with Crippen LogP contribution in [-0.4, -0.2) is 15.0 Å². The number of halogens is 1. The summed E-state index contributed by atoms with van der Waals surface area (Å²) in [7, 11) is 0. The molecule has 3 aromatic heterocycles. The topological polar surface area (TPSA) is 50.7 Å². The van der Waals surface area contributed by atoms with Gasteiger partial charge in [-0.25, -0.2) is 9.97 Å². The number of nitrogens with zero attached hydrogens (tertiary/aromatic N) is 3. The van der Waals surface area contributed by atoms with Gasteiger partial charge in [-0.15, -0.1) is 11.3 Å². The molecule has 3 heterocycles. The zero-order valence-corrected chi connectivity index (χ0v) is 20.0. The van der Waals surface area contributed by atoms with Crippen LogP contribution < -0.4 is 5.32 Å². The first-order valence-electron chi connectivity index (χ1n) is 10.5. The first-order valence-corrected chi connectivity index (χ1v) is 12.1. The van der Waals surface area contributed by atoms with Crippen molar-refractivity contribution in [3.05, 3.63) is 99.9 Å². The Hall–Kier alpha value is -3.09. The summed E-state index contributed by atoms with van der Waals surface area (Å²) >= 11 is 5.29. The molecule has 0 saturated carbocycles. The summed E-state index contributed by atoms with van der Waals surface area (Å²) < 4.78 is 1.07. The predicted molar refractivity (Wildman–Crippen MR) is 137 cm³/mol. The maximum atomic E-state index is 4.61. The minimum absolute atomic E-state index is 0.839. The molecule has 158 valence electrons. The largest absolute Gasteiger partial charge is 0.340 e. The number of benzene rings is 2. The second kappa shape index (κ2) is 9.18. The van der Waals surface area contributed by atoms with Crippen LogP contribution in [0.2, 0.25) is 0 Å². The third-order valence-electron chi connectivity index (χ3n) is 5.39. The Labute approximate surface area is 199 Å². The van der Waals surface area contributed by atoms with Crippen molar-refractivity contribution in [2.45, 2.75) is 19.8 Å². The highest BCUT2D eigenvalue weighted by Gasteiger charge is 2.18. The lowest BCUT2D eigenvalue weighted by Crippen LogP contribution is -1.96. The van der Waals surface area contributed by atoms with Crippen molar-refractivity contribution in [1.82, 2.24) is 15.0 Å². The van der Waals surface area contributed by atoms with Gasteiger partial charge in [0.05, 0.1) is 5.39 Å². The number of thiophene rings is 1. The van der Waals surface area contributed by atoms with Crippen molar-refractivity contribution in [3.63, 3.8) is 0 Å². The summed E-state index contributed by atoms with van der Waals surface area (Å²) in [5.41, 5.74) is 5.92. The van der Waals surface area contributed by atoms with Crippen LogP contribution >= 0.6 is 27.3 Å². The molecule has 0 unspecified atom stereocenters. The van der Waals surface area contributed by atoms with E-state index in [0.717, 1.165) is 39.0 Å². The van der Waals surface area contributed by atoms with Gasteiger partial charge in [0.2, 0.25) is 0 Å². The minimum Gasteiger partial charge on any atom is -0.340 e. The van der Waals surface area contributed by atoms with Crippen LogP contribution in [0.25, 0.3) is 21.3 Å². The van der Waals surface area contributed by atoms with Gasteiger partial charge in [-0.1, -0.05) is 47.1 Å². The zero-order chi connectivity index (χ0) is 21.9. The average molecular weight is 501 g/mol. The standard InChI is InChI=1S/C26H21BrN4S/c1-2-22-23(19-5-7-20(27)8-6-19)24-25(29-16-30-26(24)32-22)31-21-9-3-17(4-10-21)15-18-11-13-28-14-12-18/h3-14,16H,2,15H2,1H3,(H,29,30,31). The molecular formula is C26H21BrN4S. The third kappa shape index (κ3) is 4.29. The van der Waals surface area contributed by atoms with Gasteiger partial charge < -0.3 is 5.32 Å². The summed E-state index contributed by atoms with van der Waals surface area (Å²) in [6.07, 6.45) is 7.15. The van der Waals surface area contributed by atoms with Crippen molar-refractivity contribution in [3.8, 4) is 11.1 Å². The molecule has 2 aromatic carbocycles. The maximum absolute atomic E-state index is 4.61. The number of anilines is 2. The molecule has 6 heteroatoms. The van der Waals surface area contributed by atoms with E-state index in [1.807, 2.05) is 12.4 Å². The average Bonchev–Trinajstić information content (AvgIpc) is 3.21. The second-order valence-corrected chi connectivity index (χ2v) is 9.52. The van der Waals surface area contributed by atoms with E-state index in [1.54, 1.807) is 17.7 Å². The highest BCUT2D eigenvalue weighted by molar-refractivity contribution is 9.10. The fraction of sp³-hybridized carbons (Fsp3) is 0.115. The van der Waals surface area contributed by atoms with Crippen LogP contribution in [0.5, 0.6) is 0 Å². The van der Waals surface area contributed by atoms with E-state index in [0.29, 0.717) is 0 Å². The number of nitrogens with one attached hydrogen (secondary N) is 1. The minimum atomic E-state index is 0.839. The van der Waals surface area contributed by atoms with Gasteiger partial charge in [0.15, 0.2) is 0 Å². The molecule has 0 aliphatic heterocycles. The van der Waals surface area contributed by atoms with Crippen molar-refractivity contribution in [2.75, 3.05) is 5.32 Å². The van der Waals surface area contributed by atoms with E-state index >= 15 is 0 Å². The van der Waals surface area contributed by atoms with E-state index in [-0.39, 0.29) is 0 Å². The highest BCUT2D eigenvalue weighted by Crippen LogP contribution is 2.42. The lowest BCUT2D eigenvalue weighted by Gasteiger charge is -2.10. The summed E-state index contributed by atoms with van der Waals surface area (Å²) in [6.45, 7) is 2.19. The molecule has 0 saturated heterocycles. The molecule has 0 amide bonds. The summed E-state index contributed by atoms with van der Waals surface area (Å²) in [6, 6.07) is 21.1. The Balaban J connectivity index is 1.49. The number of aromatic nitrogens is 3. The fourth-order valence-corrected chi connectivity index (χ4v) is 5.19. The Morgan fingerprint density at radius 3 is 2.31 bits per heavy atom.